The summed E-state index contributed by atoms with van der Waals surface area (Å²) in [5, 5.41) is 2.84. The van der Waals surface area contributed by atoms with E-state index in [1.54, 1.807) is 18.3 Å². The van der Waals surface area contributed by atoms with Crippen molar-refractivity contribution in [3.63, 3.8) is 0 Å². The molecule has 0 saturated heterocycles. The molecule has 0 aliphatic heterocycles. The molecule has 0 atom stereocenters. The van der Waals surface area contributed by atoms with Gasteiger partial charge in [-0.1, -0.05) is 6.07 Å². The third-order valence-corrected chi connectivity index (χ3v) is 3.80. The van der Waals surface area contributed by atoms with Crippen molar-refractivity contribution in [3.8, 4) is 5.88 Å². The number of halogens is 1. The van der Waals surface area contributed by atoms with Crippen molar-refractivity contribution in [1.82, 2.24) is 4.98 Å². The van der Waals surface area contributed by atoms with E-state index >= 15 is 0 Å². The van der Waals surface area contributed by atoms with Crippen molar-refractivity contribution in [2.75, 3.05) is 12.4 Å². The van der Waals surface area contributed by atoms with Crippen LogP contribution in [0.2, 0.25) is 0 Å². The van der Waals surface area contributed by atoms with Gasteiger partial charge >= 0.3 is 0 Å². The molecular formula is C14H13IN2O2. The van der Waals surface area contributed by atoms with E-state index in [2.05, 4.69) is 32.9 Å². The molecule has 0 radical (unpaired) electrons. The first-order valence-electron chi connectivity index (χ1n) is 5.68. The summed E-state index contributed by atoms with van der Waals surface area (Å²) in [5.74, 6) is 0.0893. The predicted octanol–water partition coefficient (Wildman–Crippen LogP) is 3.26. The van der Waals surface area contributed by atoms with Crippen LogP contribution < -0.4 is 10.1 Å². The Labute approximate surface area is 125 Å². The summed E-state index contributed by atoms with van der Waals surface area (Å²) in [6.45, 7) is 2.03. The number of nitrogens with zero attached hydrogens (tertiary/aromatic N) is 1. The number of ether oxygens (including phenoxy) is 1. The van der Waals surface area contributed by atoms with Crippen LogP contribution in [0, 0.1) is 10.5 Å². The Morgan fingerprint density at radius 2 is 2.16 bits per heavy atom. The second-order valence-electron chi connectivity index (χ2n) is 3.98. The van der Waals surface area contributed by atoms with Crippen LogP contribution >= 0.6 is 22.6 Å². The fraction of sp³-hybridized carbons (Fsp3) is 0.143. The Bertz CT molecular complexity index is 614. The molecule has 19 heavy (non-hydrogen) atoms. The number of hydrogen-bond acceptors (Lipinski definition) is 3. The van der Waals surface area contributed by atoms with Crippen molar-refractivity contribution in [2.24, 2.45) is 0 Å². The summed E-state index contributed by atoms with van der Waals surface area (Å²) < 4.78 is 6.18. The van der Waals surface area contributed by atoms with Gasteiger partial charge in [0.25, 0.3) is 5.91 Å². The number of rotatable bonds is 3. The molecule has 0 fully saturated rings. The molecule has 0 aliphatic carbocycles. The Balaban J connectivity index is 2.23. The number of nitrogens with one attached hydrogen (secondary N) is 1. The first-order chi connectivity index (χ1) is 9.11. The summed E-state index contributed by atoms with van der Waals surface area (Å²) in [5.41, 5.74) is 2.35. The first-order valence-corrected chi connectivity index (χ1v) is 6.76. The molecular weight excluding hydrogens is 355 g/mol. The predicted molar refractivity (Wildman–Crippen MR) is 82.6 cm³/mol. The van der Waals surface area contributed by atoms with E-state index in [9.17, 15) is 4.79 Å². The highest BCUT2D eigenvalue weighted by molar-refractivity contribution is 14.1. The number of hydrogen-bond donors (Lipinski definition) is 1. The molecule has 0 aliphatic rings. The number of anilines is 1. The number of benzene rings is 1. The maximum atomic E-state index is 12.2. The van der Waals surface area contributed by atoms with Crippen LogP contribution in [0.15, 0.2) is 36.5 Å². The summed E-state index contributed by atoms with van der Waals surface area (Å²) in [4.78, 5) is 16.2. The largest absolute Gasteiger partial charge is 0.480 e. The number of carbonyl (C=O) groups excluding carboxylic acids is 1. The van der Waals surface area contributed by atoms with Gasteiger partial charge in [0, 0.05) is 15.5 Å². The summed E-state index contributed by atoms with van der Waals surface area (Å²) in [7, 11) is 1.49. The van der Waals surface area contributed by atoms with Crippen LogP contribution in [0.4, 0.5) is 5.69 Å². The topological polar surface area (TPSA) is 51.2 Å². The highest BCUT2D eigenvalue weighted by Crippen LogP contribution is 2.19. The fourth-order valence-electron chi connectivity index (χ4n) is 1.60. The van der Waals surface area contributed by atoms with Crippen molar-refractivity contribution in [2.45, 2.75) is 6.92 Å². The number of carbonyl (C=O) groups is 1. The summed E-state index contributed by atoms with van der Waals surface area (Å²) in [6.07, 6.45) is 1.59. The number of pyridine rings is 1. The second-order valence-corrected chi connectivity index (χ2v) is 5.14. The zero-order valence-corrected chi connectivity index (χ0v) is 12.8. The standard InChI is InChI=1S/C14H13IN2O2/c1-9-5-6-10(8-12(9)15)17-13(18)11-4-3-7-16-14(11)19-2/h3-8H,1-2H3,(H,17,18). The van der Waals surface area contributed by atoms with E-state index in [0.717, 1.165) is 9.26 Å². The van der Waals surface area contributed by atoms with Gasteiger partial charge in [-0.05, 0) is 59.3 Å². The van der Waals surface area contributed by atoms with Crippen molar-refractivity contribution >= 4 is 34.2 Å². The minimum atomic E-state index is -0.232. The SMILES string of the molecule is COc1ncccc1C(=O)Nc1ccc(C)c(I)c1. The average molecular weight is 368 g/mol. The van der Waals surface area contributed by atoms with Gasteiger partial charge in [-0.15, -0.1) is 0 Å². The minimum Gasteiger partial charge on any atom is -0.480 e. The van der Waals surface area contributed by atoms with Crippen molar-refractivity contribution < 1.29 is 9.53 Å². The Kier molecular flexibility index (Phi) is 4.36. The molecule has 0 bridgehead atoms. The normalized spacial score (nSPS) is 10.1. The molecule has 1 amide bonds. The lowest BCUT2D eigenvalue weighted by molar-refractivity contribution is 0.102. The van der Waals surface area contributed by atoms with Crippen molar-refractivity contribution in [1.29, 1.82) is 0 Å². The molecule has 2 aromatic rings. The lowest BCUT2D eigenvalue weighted by Gasteiger charge is -2.09. The molecule has 0 unspecified atom stereocenters. The molecule has 1 heterocycles. The van der Waals surface area contributed by atoms with Crippen LogP contribution in [-0.4, -0.2) is 18.0 Å². The van der Waals surface area contributed by atoms with Crippen LogP contribution in [-0.2, 0) is 0 Å². The zero-order chi connectivity index (χ0) is 13.8. The van der Waals surface area contributed by atoms with E-state index in [4.69, 9.17) is 4.74 Å². The van der Waals surface area contributed by atoms with Crippen LogP contribution in [0.1, 0.15) is 15.9 Å². The lowest BCUT2D eigenvalue weighted by atomic mass is 10.2. The van der Waals surface area contributed by atoms with Gasteiger partial charge in [0.05, 0.1) is 7.11 Å². The molecule has 98 valence electrons. The smallest absolute Gasteiger partial charge is 0.261 e. The van der Waals surface area contributed by atoms with Gasteiger partial charge in [0.15, 0.2) is 0 Å². The Morgan fingerprint density at radius 1 is 1.37 bits per heavy atom. The quantitative estimate of drug-likeness (QED) is 0.847. The third kappa shape index (κ3) is 3.23. The minimum absolute atomic E-state index is 0.232. The number of methoxy groups -OCH3 is 1. The Hall–Kier alpha value is -1.63. The highest BCUT2D eigenvalue weighted by atomic mass is 127. The molecule has 5 heteroatoms. The molecule has 1 aromatic carbocycles. The maximum Gasteiger partial charge on any atom is 0.261 e. The number of aryl methyl sites for hydroxylation is 1. The van der Waals surface area contributed by atoms with Crippen LogP contribution in [0.25, 0.3) is 0 Å². The third-order valence-electron chi connectivity index (χ3n) is 2.64. The van der Waals surface area contributed by atoms with Gasteiger partial charge in [-0.2, -0.15) is 0 Å². The van der Waals surface area contributed by atoms with Crippen LogP contribution in [0.5, 0.6) is 5.88 Å². The van der Waals surface area contributed by atoms with E-state index in [-0.39, 0.29) is 5.91 Å². The summed E-state index contributed by atoms with van der Waals surface area (Å²) in [6, 6.07) is 9.16. The van der Waals surface area contributed by atoms with Crippen LogP contribution in [0.3, 0.4) is 0 Å². The van der Waals surface area contributed by atoms with Gasteiger partial charge in [-0.3, -0.25) is 4.79 Å². The van der Waals surface area contributed by atoms with Gasteiger partial charge < -0.3 is 10.1 Å². The monoisotopic (exact) mass is 368 g/mol. The number of amides is 1. The molecule has 1 N–H and O–H groups in total. The zero-order valence-electron chi connectivity index (χ0n) is 10.6. The molecule has 0 saturated carbocycles. The van der Waals surface area contributed by atoms with Gasteiger partial charge in [0.1, 0.15) is 5.56 Å². The Morgan fingerprint density at radius 3 is 2.84 bits per heavy atom. The van der Waals surface area contributed by atoms with Gasteiger partial charge in [-0.25, -0.2) is 4.98 Å². The van der Waals surface area contributed by atoms with Gasteiger partial charge in [0.2, 0.25) is 5.88 Å². The number of aromatic nitrogens is 1. The highest BCUT2D eigenvalue weighted by Gasteiger charge is 2.13. The van der Waals surface area contributed by atoms with E-state index in [1.165, 1.54) is 12.7 Å². The molecule has 4 nitrogen and oxygen atoms in total. The van der Waals surface area contributed by atoms with E-state index in [1.807, 2.05) is 25.1 Å². The average Bonchev–Trinajstić information content (AvgIpc) is 2.43. The van der Waals surface area contributed by atoms with Crippen molar-refractivity contribution in [3.05, 3.63) is 51.2 Å². The first kappa shape index (κ1) is 13.8. The molecule has 2 rings (SSSR count). The lowest BCUT2D eigenvalue weighted by Crippen LogP contribution is -2.13. The second kappa shape index (κ2) is 6.01. The van der Waals surface area contributed by atoms with E-state index in [0.29, 0.717) is 11.4 Å². The summed E-state index contributed by atoms with van der Waals surface area (Å²) >= 11 is 2.24. The molecule has 1 aromatic heterocycles. The maximum absolute atomic E-state index is 12.2. The van der Waals surface area contributed by atoms with E-state index < -0.39 is 0 Å². The fourth-order valence-corrected chi connectivity index (χ4v) is 2.11. The molecule has 0 spiro atoms.